The first-order chi connectivity index (χ1) is 4.63. The maximum Gasteiger partial charge on any atom is 0.129 e. The molecule has 4 unspecified atom stereocenters. The fourth-order valence-electron chi connectivity index (χ4n) is 1.09. The van der Waals surface area contributed by atoms with Gasteiger partial charge in [-0.05, 0) is 12.8 Å². The fraction of sp³-hybridized carbons (Fsp3) is 1.00. The topological polar surface area (TPSA) is 40.5 Å². The van der Waals surface area contributed by atoms with Crippen molar-refractivity contribution in [3.05, 3.63) is 0 Å². The van der Waals surface area contributed by atoms with Crippen LogP contribution in [0.4, 0.5) is 8.78 Å². The second-order valence-electron chi connectivity index (χ2n) is 2.59. The molecule has 2 N–H and O–H groups in total. The van der Waals surface area contributed by atoms with E-state index < -0.39 is 24.6 Å². The lowest BCUT2D eigenvalue weighted by Crippen LogP contribution is -2.45. The van der Waals surface area contributed by atoms with Crippen LogP contribution in [0.3, 0.4) is 0 Å². The van der Waals surface area contributed by atoms with Crippen LogP contribution >= 0.6 is 0 Å². The summed E-state index contributed by atoms with van der Waals surface area (Å²) >= 11 is 0. The van der Waals surface area contributed by atoms with Gasteiger partial charge >= 0.3 is 0 Å². The minimum Gasteiger partial charge on any atom is -0.387 e. The molecule has 0 spiro atoms. The Morgan fingerprint density at radius 3 is 1.50 bits per heavy atom. The van der Waals surface area contributed by atoms with Gasteiger partial charge < -0.3 is 10.2 Å². The summed E-state index contributed by atoms with van der Waals surface area (Å²) in [6.45, 7) is 0. The predicted octanol–water partition coefficient (Wildman–Crippen LogP) is 0.178. The van der Waals surface area contributed by atoms with Gasteiger partial charge in [0.2, 0.25) is 0 Å². The highest BCUT2D eigenvalue weighted by Crippen LogP contribution is 2.24. The van der Waals surface area contributed by atoms with E-state index in [1.54, 1.807) is 0 Å². The number of halogens is 2. The molecule has 4 atom stereocenters. The number of alkyl halides is 2. The Kier molecular flexibility index (Phi) is 2.21. The molecule has 1 aliphatic carbocycles. The number of rotatable bonds is 0. The quantitative estimate of drug-likeness (QED) is 0.519. The van der Waals surface area contributed by atoms with Crippen LogP contribution in [0.1, 0.15) is 12.8 Å². The summed E-state index contributed by atoms with van der Waals surface area (Å²) in [7, 11) is 0. The number of aliphatic hydroxyl groups excluding tert-OH is 2. The lowest BCUT2D eigenvalue weighted by molar-refractivity contribution is -0.0919. The zero-order chi connectivity index (χ0) is 7.72. The molecule has 0 amide bonds. The predicted molar refractivity (Wildman–Crippen MR) is 31.0 cm³/mol. The van der Waals surface area contributed by atoms with Crippen LogP contribution in [0.5, 0.6) is 0 Å². The Hall–Kier alpha value is -0.220. The average molecular weight is 152 g/mol. The lowest BCUT2D eigenvalue weighted by atomic mass is 9.92. The Labute approximate surface area is 57.5 Å². The lowest BCUT2D eigenvalue weighted by Gasteiger charge is -2.29. The molecule has 0 heterocycles. The van der Waals surface area contributed by atoms with E-state index in [9.17, 15) is 8.78 Å². The van der Waals surface area contributed by atoms with Crippen molar-refractivity contribution in [2.45, 2.75) is 37.4 Å². The molecule has 4 heteroatoms. The van der Waals surface area contributed by atoms with Crippen molar-refractivity contribution < 1.29 is 19.0 Å². The van der Waals surface area contributed by atoms with Crippen LogP contribution in [-0.2, 0) is 0 Å². The average Bonchev–Trinajstić information content (AvgIpc) is 1.93. The summed E-state index contributed by atoms with van der Waals surface area (Å²) in [4.78, 5) is 0. The van der Waals surface area contributed by atoms with E-state index in [4.69, 9.17) is 10.2 Å². The Morgan fingerprint density at radius 1 is 0.900 bits per heavy atom. The van der Waals surface area contributed by atoms with Gasteiger partial charge in [0, 0.05) is 0 Å². The number of aliphatic hydroxyl groups is 2. The van der Waals surface area contributed by atoms with Gasteiger partial charge in [0.1, 0.15) is 24.6 Å². The summed E-state index contributed by atoms with van der Waals surface area (Å²) in [6, 6.07) is 0. The van der Waals surface area contributed by atoms with Crippen molar-refractivity contribution in [3.63, 3.8) is 0 Å². The fourth-order valence-corrected chi connectivity index (χ4v) is 1.09. The van der Waals surface area contributed by atoms with Crippen molar-refractivity contribution in [2.75, 3.05) is 0 Å². The smallest absolute Gasteiger partial charge is 0.129 e. The normalized spacial score (nSPS) is 49.2. The van der Waals surface area contributed by atoms with Crippen LogP contribution in [0, 0.1) is 0 Å². The van der Waals surface area contributed by atoms with Crippen LogP contribution in [0.15, 0.2) is 0 Å². The summed E-state index contributed by atoms with van der Waals surface area (Å²) in [6.07, 6.45) is -6.02. The van der Waals surface area contributed by atoms with Crippen LogP contribution in [0.2, 0.25) is 0 Å². The zero-order valence-corrected chi connectivity index (χ0v) is 5.37. The molecule has 10 heavy (non-hydrogen) atoms. The summed E-state index contributed by atoms with van der Waals surface area (Å²) in [5.41, 5.74) is 0. The van der Waals surface area contributed by atoms with E-state index in [1.807, 2.05) is 0 Å². The van der Waals surface area contributed by atoms with E-state index >= 15 is 0 Å². The number of hydrogen-bond donors (Lipinski definition) is 2. The Balaban J connectivity index is 2.52. The largest absolute Gasteiger partial charge is 0.387 e. The molecular weight excluding hydrogens is 142 g/mol. The van der Waals surface area contributed by atoms with Crippen molar-refractivity contribution >= 4 is 0 Å². The van der Waals surface area contributed by atoms with Gasteiger partial charge in [0.05, 0.1) is 0 Å². The van der Waals surface area contributed by atoms with Gasteiger partial charge in [-0.25, -0.2) is 8.78 Å². The minimum absolute atomic E-state index is 0.000602. The molecular formula is C6H10F2O2. The zero-order valence-electron chi connectivity index (χ0n) is 5.37. The van der Waals surface area contributed by atoms with E-state index in [0.717, 1.165) is 0 Å². The van der Waals surface area contributed by atoms with Crippen LogP contribution < -0.4 is 0 Å². The highest BCUT2D eigenvalue weighted by atomic mass is 19.1. The Bertz CT molecular complexity index is 106. The van der Waals surface area contributed by atoms with Gasteiger partial charge in [-0.1, -0.05) is 0 Å². The van der Waals surface area contributed by atoms with Gasteiger partial charge in [-0.3, -0.25) is 0 Å². The highest BCUT2D eigenvalue weighted by molar-refractivity contribution is 4.87. The molecule has 1 rings (SSSR count). The highest BCUT2D eigenvalue weighted by Gasteiger charge is 2.37. The van der Waals surface area contributed by atoms with Crippen molar-refractivity contribution in [2.24, 2.45) is 0 Å². The molecule has 1 aliphatic rings. The maximum atomic E-state index is 12.4. The number of hydrogen-bond acceptors (Lipinski definition) is 2. The minimum atomic E-state index is -1.54. The van der Waals surface area contributed by atoms with Crippen molar-refractivity contribution in [1.82, 2.24) is 0 Å². The van der Waals surface area contributed by atoms with Crippen LogP contribution in [0.25, 0.3) is 0 Å². The molecule has 0 aromatic rings. The second-order valence-corrected chi connectivity index (χ2v) is 2.59. The molecule has 60 valence electrons. The molecule has 0 bridgehead atoms. The summed E-state index contributed by atoms with van der Waals surface area (Å²) < 4.78 is 24.8. The van der Waals surface area contributed by atoms with Crippen LogP contribution in [-0.4, -0.2) is 34.8 Å². The van der Waals surface area contributed by atoms with Gasteiger partial charge in [-0.2, -0.15) is 0 Å². The molecule has 1 fully saturated rings. The van der Waals surface area contributed by atoms with Gasteiger partial charge in [0.15, 0.2) is 0 Å². The third-order valence-electron chi connectivity index (χ3n) is 1.81. The van der Waals surface area contributed by atoms with E-state index in [2.05, 4.69) is 0 Å². The van der Waals surface area contributed by atoms with Gasteiger partial charge in [-0.15, -0.1) is 0 Å². The Morgan fingerprint density at radius 2 is 1.20 bits per heavy atom. The summed E-state index contributed by atoms with van der Waals surface area (Å²) in [5.74, 6) is 0. The molecule has 0 aliphatic heterocycles. The second kappa shape index (κ2) is 2.80. The third kappa shape index (κ3) is 1.27. The molecule has 1 saturated carbocycles. The molecule has 0 aromatic heterocycles. The monoisotopic (exact) mass is 152 g/mol. The third-order valence-corrected chi connectivity index (χ3v) is 1.81. The molecule has 0 saturated heterocycles. The molecule has 0 aromatic carbocycles. The molecule has 2 nitrogen and oxygen atoms in total. The first-order valence-electron chi connectivity index (χ1n) is 3.27. The van der Waals surface area contributed by atoms with E-state index in [-0.39, 0.29) is 12.8 Å². The van der Waals surface area contributed by atoms with Crippen molar-refractivity contribution in [3.8, 4) is 0 Å². The summed E-state index contributed by atoms with van der Waals surface area (Å²) in [5, 5.41) is 17.5. The molecule has 0 radical (unpaired) electrons. The SMILES string of the molecule is OC1C(F)CCC(F)C1O. The first kappa shape index (κ1) is 7.88. The standard InChI is InChI=1S/C6H10F2O2/c7-3-1-2-4(8)6(10)5(3)9/h3-6,9-10H,1-2H2. The van der Waals surface area contributed by atoms with Gasteiger partial charge in [0.25, 0.3) is 0 Å². The van der Waals surface area contributed by atoms with E-state index in [1.165, 1.54) is 0 Å². The van der Waals surface area contributed by atoms with Crippen molar-refractivity contribution in [1.29, 1.82) is 0 Å². The maximum absolute atomic E-state index is 12.4. The first-order valence-corrected chi connectivity index (χ1v) is 3.27. The van der Waals surface area contributed by atoms with E-state index in [0.29, 0.717) is 0 Å².